The summed E-state index contributed by atoms with van der Waals surface area (Å²) in [5, 5.41) is 0. The summed E-state index contributed by atoms with van der Waals surface area (Å²) in [4.78, 5) is 0. The Labute approximate surface area is 82.4 Å². The van der Waals surface area contributed by atoms with Crippen molar-refractivity contribution >= 4 is 0 Å². The van der Waals surface area contributed by atoms with E-state index in [1.807, 2.05) is 0 Å². The zero-order valence-corrected chi connectivity index (χ0v) is 9.00. The maximum atomic E-state index is 2.50. The van der Waals surface area contributed by atoms with Crippen LogP contribution in [0.1, 0.15) is 46.0 Å². The molecule has 0 aliphatic heterocycles. The molecule has 13 heavy (non-hydrogen) atoms. The molecule has 2 bridgehead atoms. The average Bonchev–Trinajstić information content (AvgIpc) is 2.72. The first-order valence-electron chi connectivity index (χ1n) is 6.01. The molecule has 0 aromatic heterocycles. The van der Waals surface area contributed by atoms with Gasteiger partial charge in [-0.15, -0.1) is 0 Å². The lowest BCUT2D eigenvalue weighted by molar-refractivity contribution is 0.284. The van der Waals surface area contributed by atoms with Crippen LogP contribution in [0.5, 0.6) is 0 Å². The van der Waals surface area contributed by atoms with Crippen molar-refractivity contribution < 1.29 is 0 Å². The molecular formula is C13H22. The third-order valence-electron chi connectivity index (χ3n) is 4.20. The van der Waals surface area contributed by atoms with Crippen molar-refractivity contribution in [2.24, 2.45) is 23.7 Å². The molecule has 2 rings (SSSR count). The van der Waals surface area contributed by atoms with E-state index < -0.39 is 0 Å². The second-order valence-corrected chi connectivity index (χ2v) is 4.90. The molecule has 4 atom stereocenters. The van der Waals surface area contributed by atoms with Crippen LogP contribution in [0, 0.1) is 23.7 Å². The second-order valence-electron chi connectivity index (χ2n) is 4.90. The van der Waals surface area contributed by atoms with Crippen molar-refractivity contribution in [3.05, 3.63) is 12.2 Å². The minimum Gasteiger partial charge on any atom is -0.0885 e. The van der Waals surface area contributed by atoms with Crippen molar-refractivity contribution in [3.8, 4) is 0 Å². The lowest BCUT2D eigenvalue weighted by atomic mass is 9.81. The summed E-state index contributed by atoms with van der Waals surface area (Å²) in [6.07, 6.45) is 12.1. The maximum absolute atomic E-state index is 2.50. The Hall–Kier alpha value is -0.260. The van der Waals surface area contributed by atoms with Gasteiger partial charge in [0.05, 0.1) is 0 Å². The van der Waals surface area contributed by atoms with Gasteiger partial charge in [-0.2, -0.15) is 0 Å². The van der Waals surface area contributed by atoms with E-state index in [1.54, 1.807) is 0 Å². The van der Waals surface area contributed by atoms with Crippen LogP contribution >= 0.6 is 0 Å². The van der Waals surface area contributed by atoms with Gasteiger partial charge in [0.2, 0.25) is 0 Å². The fourth-order valence-electron chi connectivity index (χ4n) is 3.49. The molecule has 0 heterocycles. The van der Waals surface area contributed by atoms with Gasteiger partial charge in [0.15, 0.2) is 0 Å². The zero-order valence-electron chi connectivity index (χ0n) is 9.00. The van der Waals surface area contributed by atoms with Crippen LogP contribution in [-0.4, -0.2) is 0 Å². The first-order valence-corrected chi connectivity index (χ1v) is 6.01. The fraction of sp³-hybridized carbons (Fsp3) is 0.846. The average molecular weight is 178 g/mol. The van der Waals surface area contributed by atoms with Gasteiger partial charge in [0.1, 0.15) is 0 Å². The van der Waals surface area contributed by atoms with E-state index in [2.05, 4.69) is 26.0 Å². The highest BCUT2D eigenvalue weighted by Gasteiger charge is 2.43. The third kappa shape index (κ3) is 1.68. The van der Waals surface area contributed by atoms with Crippen molar-refractivity contribution in [1.29, 1.82) is 0 Å². The summed E-state index contributed by atoms with van der Waals surface area (Å²) < 4.78 is 0. The molecule has 0 aromatic rings. The smallest absolute Gasteiger partial charge is 0.0202 e. The summed E-state index contributed by atoms with van der Waals surface area (Å²) in [7, 11) is 0. The minimum absolute atomic E-state index is 0.952. The molecule has 0 spiro atoms. The van der Waals surface area contributed by atoms with Crippen LogP contribution in [0.3, 0.4) is 0 Å². The van der Waals surface area contributed by atoms with Crippen LogP contribution in [0.25, 0.3) is 0 Å². The van der Waals surface area contributed by atoms with Gasteiger partial charge < -0.3 is 0 Å². The second kappa shape index (κ2) is 3.86. The predicted molar refractivity (Wildman–Crippen MR) is 57.5 cm³/mol. The van der Waals surface area contributed by atoms with Gasteiger partial charge in [-0.25, -0.2) is 0 Å². The summed E-state index contributed by atoms with van der Waals surface area (Å²) in [6.45, 7) is 4.60. The van der Waals surface area contributed by atoms with E-state index in [-0.39, 0.29) is 0 Å². The molecule has 0 aromatic carbocycles. The topological polar surface area (TPSA) is 0 Å². The third-order valence-corrected chi connectivity index (χ3v) is 4.20. The molecule has 2 aliphatic rings. The summed E-state index contributed by atoms with van der Waals surface area (Å²) in [5.74, 6) is 4.17. The number of rotatable bonds is 3. The minimum atomic E-state index is 0.952. The molecule has 0 heteroatoms. The maximum Gasteiger partial charge on any atom is -0.0202 e. The van der Waals surface area contributed by atoms with E-state index in [4.69, 9.17) is 0 Å². The predicted octanol–water partition coefficient (Wildman–Crippen LogP) is 4.02. The van der Waals surface area contributed by atoms with Crippen molar-refractivity contribution in [2.45, 2.75) is 46.0 Å². The monoisotopic (exact) mass is 178 g/mol. The lowest BCUT2D eigenvalue weighted by Gasteiger charge is -2.25. The Morgan fingerprint density at radius 1 is 1.08 bits per heavy atom. The highest BCUT2D eigenvalue weighted by atomic mass is 14.5. The Bertz CT molecular complexity index is 192. The summed E-state index contributed by atoms with van der Waals surface area (Å²) >= 11 is 0. The molecular weight excluding hydrogens is 156 g/mol. The molecule has 0 nitrogen and oxygen atoms in total. The van der Waals surface area contributed by atoms with Crippen molar-refractivity contribution in [1.82, 2.24) is 0 Å². The molecule has 4 unspecified atom stereocenters. The number of hydrogen-bond acceptors (Lipinski definition) is 0. The van der Waals surface area contributed by atoms with Gasteiger partial charge in [-0.1, -0.05) is 32.4 Å². The van der Waals surface area contributed by atoms with Crippen LogP contribution in [0.4, 0.5) is 0 Å². The number of allylic oxidation sites excluding steroid dienone is 2. The number of fused-ring (bicyclic) bond motifs is 2. The van der Waals surface area contributed by atoms with E-state index >= 15 is 0 Å². The Morgan fingerprint density at radius 3 is 2.46 bits per heavy atom. The molecule has 0 saturated heterocycles. The highest BCUT2D eigenvalue weighted by molar-refractivity contribution is 5.02. The van der Waals surface area contributed by atoms with Crippen molar-refractivity contribution in [2.75, 3.05) is 0 Å². The van der Waals surface area contributed by atoms with Gasteiger partial charge in [-0.3, -0.25) is 0 Å². The quantitative estimate of drug-likeness (QED) is 0.572. The molecule has 2 saturated carbocycles. The molecule has 0 radical (unpaired) electrons. The summed E-state index contributed by atoms with van der Waals surface area (Å²) in [6, 6.07) is 0. The van der Waals surface area contributed by atoms with Gasteiger partial charge >= 0.3 is 0 Å². The summed E-state index contributed by atoms with van der Waals surface area (Å²) in [5.41, 5.74) is 0. The molecule has 2 fully saturated rings. The number of hydrogen-bond donors (Lipinski definition) is 0. The largest absolute Gasteiger partial charge is 0.0885 e. The fourth-order valence-corrected chi connectivity index (χ4v) is 3.49. The normalized spacial score (nSPS) is 43.5. The first-order chi connectivity index (χ1) is 6.35. The zero-order chi connectivity index (χ0) is 9.26. The van der Waals surface area contributed by atoms with Gasteiger partial charge in [0, 0.05) is 0 Å². The first kappa shape index (κ1) is 9.30. The highest BCUT2D eigenvalue weighted by Crippen LogP contribution is 2.53. The van der Waals surface area contributed by atoms with E-state index in [0.717, 1.165) is 23.7 Å². The van der Waals surface area contributed by atoms with E-state index in [9.17, 15) is 0 Å². The van der Waals surface area contributed by atoms with Crippen molar-refractivity contribution in [3.63, 3.8) is 0 Å². The van der Waals surface area contributed by atoms with Crippen LogP contribution in [-0.2, 0) is 0 Å². The Morgan fingerprint density at radius 2 is 1.92 bits per heavy atom. The molecule has 2 aliphatic carbocycles. The van der Waals surface area contributed by atoms with Crippen LogP contribution in [0.2, 0.25) is 0 Å². The molecule has 0 N–H and O–H groups in total. The molecule has 0 amide bonds. The van der Waals surface area contributed by atoms with Crippen LogP contribution in [0.15, 0.2) is 12.2 Å². The van der Waals surface area contributed by atoms with Crippen LogP contribution < -0.4 is 0 Å². The van der Waals surface area contributed by atoms with E-state index in [0.29, 0.717) is 0 Å². The SMILES string of the molecule is CCC=CC1CC2CC1CC2CC. The molecule has 74 valence electrons. The van der Waals surface area contributed by atoms with E-state index in [1.165, 1.54) is 32.1 Å². The Balaban J connectivity index is 1.91. The standard InChI is InChI=1S/C13H22/c1-3-5-6-11-8-12-9-13(11)7-10(12)4-2/h5-6,10-13H,3-4,7-9H2,1-2H3. The van der Waals surface area contributed by atoms with Gasteiger partial charge in [0.25, 0.3) is 0 Å². The lowest BCUT2D eigenvalue weighted by Crippen LogP contribution is -2.15. The Kier molecular flexibility index (Phi) is 2.76. The van der Waals surface area contributed by atoms with Gasteiger partial charge in [-0.05, 0) is 49.4 Å².